The van der Waals surface area contributed by atoms with Crippen LogP contribution in [0.3, 0.4) is 0 Å². The van der Waals surface area contributed by atoms with Gasteiger partial charge in [0, 0.05) is 49.6 Å². The van der Waals surface area contributed by atoms with Gasteiger partial charge in [0.2, 0.25) is 0 Å². The summed E-state index contributed by atoms with van der Waals surface area (Å²) >= 11 is 1.78. The lowest BCUT2D eigenvalue weighted by molar-refractivity contribution is 0.0711. The number of nitrogens with two attached hydrogens (primary N) is 1. The van der Waals surface area contributed by atoms with Crippen molar-refractivity contribution >= 4 is 11.3 Å². The first-order chi connectivity index (χ1) is 8.71. The molecule has 0 aromatic carbocycles. The Morgan fingerprint density at radius 2 is 2.00 bits per heavy atom. The largest absolute Gasteiger partial charge is 0.383 e. The molecular formula is C13H24N2O2S. The lowest BCUT2D eigenvalue weighted by Crippen LogP contribution is -2.37. The van der Waals surface area contributed by atoms with Gasteiger partial charge in [0.05, 0.1) is 13.2 Å². The Labute approximate surface area is 114 Å². The number of hydrogen-bond donors (Lipinski definition) is 1. The van der Waals surface area contributed by atoms with Crippen LogP contribution in [0.2, 0.25) is 0 Å². The quantitative estimate of drug-likeness (QED) is 0.743. The minimum Gasteiger partial charge on any atom is -0.383 e. The number of rotatable bonds is 9. The van der Waals surface area contributed by atoms with Crippen molar-refractivity contribution in [2.24, 2.45) is 5.73 Å². The molecular weight excluding hydrogens is 248 g/mol. The second-order valence-electron chi connectivity index (χ2n) is 4.34. The summed E-state index contributed by atoms with van der Waals surface area (Å²) in [4.78, 5) is 4.95. The summed E-state index contributed by atoms with van der Waals surface area (Å²) in [5.41, 5.74) is 5.64. The van der Waals surface area contributed by atoms with E-state index in [-0.39, 0.29) is 0 Å². The second-order valence-corrected chi connectivity index (χ2v) is 5.59. The summed E-state index contributed by atoms with van der Waals surface area (Å²) in [5.74, 6) is 0. The van der Waals surface area contributed by atoms with E-state index in [1.165, 1.54) is 9.75 Å². The van der Waals surface area contributed by atoms with E-state index in [0.717, 1.165) is 26.3 Å². The highest BCUT2D eigenvalue weighted by atomic mass is 32.1. The standard InChI is InChI=1S/C13H24N2O2S/c1-11(10-17-3)15(6-7-16-2)9-13-5-4-12(8-14)18-13/h4-5,11H,6-10,14H2,1-3H3. The predicted molar refractivity (Wildman–Crippen MR) is 75.8 cm³/mol. The Balaban J connectivity index is 2.58. The Bertz CT molecular complexity index is 331. The van der Waals surface area contributed by atoms with Crippen LogP contribution in [0.4, 0.5) is 0 Å². The molecule has 1 aromatic rings. The Morgan fingerprint density at radius 3 is 2.56 bits per heavy atom. The van der Waals surface area contributed by atoms with E-state index in [1.807, 2.05) is 0 Å². The first kappa shape index (κ1) is 15.6. The third-order valence-corrected chi connectivity index (χ3v) is 3.98. The molecule has 0 aliphatic rings. The maximum Gasteiger partial charge on any atom is 0.0615 e. The van der Waals surface area contributed by atoms with Crippen LogP contribution in [-0.4, -0.2) is 44.9 Å². The summed E-state index contributed by atoms with van der Waals surface area (Å²) in [6.45, 7) is 6.12. The average Bonchev–Trinajstić information content (AvgIpc) is 2.82. The van der Waals surface area contributed by atoms with Crippen molar-refractivity contribution in [1.82, 2.24) is 4.90 Å². The van der Waals surface area contributed by atoms with E-state index in [1.54, 1.807) is 25.6 Å². The molecule has 0 aliphatic heterocycles. The van der Waals surface area contributed by atoms with Gasteiger partial charge in [0.25, 0.3) is 0 Å². The molecule has 0 fully saturated rings. The molecule has 0 aliphatic carbocycles. The van der Waals surface area contributed by atoms with Gasteiger partial charge in [-0.05, 0) is 19.1 Å². The third-order valence-electron chi connectivity index (χ3n) is 2.89. The van der Waals surface area contributed by atoms with Gasteiger partial charge in [0.15, 0.2) is 0 Å². The molecule has 18 heavy (non-hydrogen) atoms. The third kappa shape index (κ3) is 5.04. The maximum atomic E-state index is 5.64. The van der Waals surface area contributed by atoms with E-state index in [0.29, 0.717) is 12.6 Å². The van der Waals surface area contributed by atoms with Gasteiger partial charge in [0.1, 0.15) is 0 Å². The summed E-state index contributed by atoms with van der Waals surface area (Å²) in [5, 5.41) is 0. The summed E-state index contributed by atoms with van der Waals surface area (Å²) in [6, 6.07) is 4.65. The van der Waals surface area contributed by atoms with Gasteiger partial charge < -0.3 is 15.2 Å². The van der Waals surface area contributed by atoms with Gasteiger partial charge in [-0.2, -0.15) is 0 Å². The minimum atomic E-state index is 0.383. The van der Waals surface area contributed by atoms with Crippen LogP contribution in [0, 0.1) is 0 Å². The van der Waals surface area contributed by atoms with Gasteiger partial charge in [-0.3, -0.25) is 4.90 Å². The van der Waals surface area contributed by atoms with Crippen molar-refractivity contribution in [3.63, 3.8) is 0 Å². The zero-order valence-electron chi connectivity index (χ0n) is 11.5. The monoisotopic (exact) mass is 272 g/mol. The molecule has 0 saturated carbocycles. The van der Waals surface area contributed by atoms with Gasteiger partial charge in [-0.15, -0.1) is 11.3 Å². The molecule has 0 spiro atoms. The molecule has 1 heterocycles. The number of thiophene rings is 1. The molecule has 104 valence electrons. The summed E-state index contributed by atoms with van der Waals surface area (Å²) in [6.07, 6.45) is 0. The van der Waals surface area contributed by atoms with Crippen molar-refractivity contribution < 1.29 is 9.47 Å². The lowest BCUT2D eigenvalue weighted by atomic mass is 10.2. The van der Waals surface area contributed by atoms with Gasteiger partial charge >= 0.3 is 0 Å². The average molecular weight is 272 g/mol. The molecule has 5 heteroatoms. The van der Waals surface area contributed by atoms with Crippen LogP contribution >= 0.6 is 11.3 Å². The smallest absolute Gasteiger partial charge is 0.0615 e. The molecule has 1 rings (SSSR count). The Kier molecular flexibility index (Phi) is 7.46. The fourth-order valence-electron chi connectivity index (χ4n) is 1.83. The number of methoxy groups -OCH3 is 2. The number of ether oxygens (including phenoxy) is 2. The molecule has 4 nitrogen and oxygen atoms in total. The van der Waals surface area contributed by atoms with Crippen LogP contribution in [-0.2, 0) is 22.6 Å². The SMILES string of the molecule is COCCN(Cc1ccc(CN)s1)C(C)COC. The first-order valence-corrected chi connectivity index (χ1v) is 7.02. The minimum absolute atomic E-state index is 0.383. The molecule has 0 amide bonds. The molecule has 0 bridgehead atoms. The summed E-state index contributed by atoms with van der Waals surface area (Å²) < 4.78 is 10.4. The van der Waals surface area contributed by atoms with Crippen LogP contribution < -0.4 is 5.73 Å². The van der Waals surface area contributed by atoms with Crippen molar-refractivity contribution in [3.05, 3.63) is 21.9 Å². The molecule has 0 saturated heterocycles. The lowest BCUT2D eigenvalue weighted by Gasteiger charge is -2.27. The van der Waals surface area contributed by atoms with Crippen molar-refractivity contribution in [3.8, 4) is 0 Å². The van der Waals surface area contributed by atoms with Gasteiger partial charge in [-0.1, -0.05) is 0 Å². The fraction of sp³-hybridized carbons (Fsp3) is 0.692. The van der Waals surface area contributed by atoms with Crippen LogP contribution in [0.25, 0.3) is 0 Å². The normalized spacial score (nSPS) is 13.2. The van der Waals surface area contributed by atoms with Crippen LogP contribution in [0.15, 0.2) is 12.1 Å². The molecule has 1 atom stereocenters. The number of hydrogen-bond acceptors (Lipinski definition) is 5. The highest BCUT2D eigenvalue weighted by molar-refractivity contribution is 7.11. The highest BCUT2D eigenvalue weighted by Gasteiger charge is 2.14. The van der Waals surface area contributed by atoms with E-state index in [2.05, 4.69) is 24.0 Å². The van der Waals surface area contributed by atoms with Crippen molar-refractivity contribution in [1.29, 1.82) is 0 Å². The predicted octanol–water partition coefficient (Wildman–Crippen LogP) is 1.69. The van der Waals surface area contributed by atoms with Crippen molar-refractivity contribution in [2.75, 3.05) is 34.0 Å². The van der Waals surface area contributed by atoms with E-state index in [9.17, 15) is 0 Å². The molecule has 0 radical (unpaired) electrons. The maximum absolute atomic E-state index is 5.64. The summed E-state index contributed by atoms with van der Waals surface area (Å²) in [7, 11) is 3.47. The van der Waals surface area contributed by atoms with E-state index < -0.39 is 0 Å². The van der Waals surface area contributed by atoms with E-state index >= 15 is 0 Å². The topological polar surface area (TPSA) is 47.7 Å². The second kappa shape index (κ2) is 8.61. The molecule has 2 N–H and O–H groups in total. The zero-order chi connectivity index (χ0) is 13.4. The highest BCUT2D eigenvalue weighted by Crippen LogP contribution is 2.18. The van der Waals surface area contributed by atoms with E-state index in [4.69, 9.17) is 15.2 Å². The Hall–Kier alpha value is -0.460. The van der Waals surface area contributed by atoms with Crippen LogP contribution in [0.5, 0.6) is 0 Å². The fourth-order valence-corrected chi connectivity index (χ4v) is 2.75. The first-order valence-electron chi connectivity index (χ1n) is 6.20. The van der Waals surface area contributed by atoms with Gasteiger partial charge in [-0.25, -0.2) is 0 Å². The zero-order valence-corrected chi connectivity index (χ0v) is 12.3. The number of nitrogens with zero attached hydrogens (tertiary/aromatic N) is 1. The Morgan fingerprint density at radius 1 is 1.28 bits per heavy atom. The van der Waals surface area contributed by atoms with Crippen LogP contribution in [0.1, 0.15) is 16.7 Å². The molecule has 1 unspecified atom stereocenters. The molecule has 1 aromatic heterocycles. The van der Waals surface area contributed by atoms with Crippen molar-refractivity contribution in [2.45, 2.75) is 26.1 Å².